The number of anilines is 2. The molecule has 0 bridgehead atoms. The average Bonchev–Trinajstić information content (AvgIpc) is 3.54. The third-order valence-electron chi connectivity index (χ3n) is 5.85. The van der Waals surface area contributed by atoms with Crippen LogP contribution in [0.5, 0.6) is 0 Å². The zero-order chi connectivity index (χ0) is 24.5. The van der Waals surface area contributed by atoms with Crippen LogP contribution in [0.15, 0.2) is 71.5 Å². The van der Waals surface area contributed by atoms with E-state index in [0.29, 0.717) is 0 Å². The first-order chi connectivity index (χ1) is 16.9. The molecule has 0 spiro atoms. The number of carboxylic acids is 1. The van der Waals surface area contributed by atoms with Crippen molar-refractivity contribution in [3.8, 4) is 11.1 Å². The first-order valence-corrected chi connectivity index (χ1v) is 10.7. The van der Waals surface area contributed by atoms with Crippen molar-refractivity contribution in [1.82, 2.24) is 9.78 Å². The molecule has 1 aliphatic rings. The fourth-order valence-electron chi connectivity index (χ4n) is 4.23. The summed E-state index contributed by atoms with van der Waals surface area (Å²) in [6, 6.07) is 17.4. The maximum Gasteiger partial charge on any atom is 0.411 e. The highest BCUT2D eigenvalue weighted by atomic mass is 16.5. The predicted octanol–water partition coefficient (Wildman–Crippen LogP) is 4.32. The van der Waals surface area contributed by atoms with Crippen LogP contribution in [0.4, 0.5) is 16.3 Å². The molecule has 0 atom stereocenters. The lowest BCUT2D eigenvalue weighted by Gasteiger charge is -2.14. The Bertz CT molecular complexity index is 1410. The topological polar surface area (TPSA) is 136 Å². The van der Waals surface area contributed by atoms with Gasteiger partial charge < -0.3 is 19.6 Å². The molecular weight excluding hydrogens is 452 g/mol. The lowest BCUT2D eigenvalue weighted by atomic mass is 9.98. The number of hydrogen-bond acceptors (Lipinski definition) is 6. The van der Waals surface area contributed by atoms with Gasteiger partial charge in [-0.3, -0.25) is 14.8 Å². The van der Waals surface area contributed by atoms with Crippen molar-refractivity contribution < 1.29 is 28.6 Å². The summed E-state index contributed by atoms with van der Waals surface area (Å²) >= 11 is 0. The van der Waals surface area contributed by atoms with Crippen LogP contribution in [0.2, 0.25) is 0 Å². The van der Waals surface area contributed by atoms with Gasteiger partial charge >= 0.3 is 12.1 Å². The molecule has 2 aromatic heterocycles. The highest BCUT2D eigenvalue weighted by Crippen LogP contribution is 2.44. The number of aromatic nitrogens is 2. The first kappa shape index (κ1) is 22.0. The standard InChI is InChI=1S/C25H20N4O6/c1-29-22(18(12-26-29)24(31)32)28-23(30)21-20(10-11-34-21)27-25(33)35-13-19-16-8-4-2-6-14(16)15-7-3-5-9-17(15)19/h2-12,19H,13H2,1H3,(H,27,33)(H,28,30)(H,31,32). The van der Waals surface area contributed by atoms with Crippen LogP contribution in [0.25, 0.3) is 11.1 Å². The molecule has 10 nitrogen and oxygen atoms in total. The molecule has 2 heterocycles. The number of carbonyl (C=O) groups excluding carboxylic acids is 2. The Hall–Kier alpha value is -4.86. The van der Waals surface area contributed by atoms with Crippen LogP contribution in [0.1, 0.15) is 38.0 Å². The van der Waals surface area contributed by atoms with E-state index in [0.717, 1.165) is 28.5 Å². The fraction of sp³-hybridized carbons (Fsp3) is 0.120. The molecule has 0 aliphatic heterocycles. The third-order valence-corrected chi connectivity index (χ3v) is 5.85. The minimum absolute atomic E-state index is 0.0222. The molecule has 0 radical (unpaired) electrons. The zero-order valence-corrected chi connectivity index (χ0v) is 18.5. The van der Waals surface area contributed by atoms with Gasteiger partial charge in [0, 0.05) is 19.0 Å². The first-order valence-electron chi connectivity index (χ1n) is 10.7. The SMILES string of the molecule is Cn1ncc(C(=O)O)c1NC(=O)c1occc1NC(=O)OCC1c2ccccc2-c2ccccc21. The number of nitrogens with one attached hydrogen (secondary N) is 2. The van der Waals surface area contributed by atoms with Crippen molar-refractivity contribution in [2.45, 2.75) is 5.92 Å². The number of furan rings is 1. The van der Waals surface area contributed by atoms with Gasteiger partial charge in [0.25, 0.3) is 5.91 Å². The maximum absolute atomic E-state index is 12.7. The Morgan fingerprint density at radius 3 is 2.34 bits per heavy atom. The number of amides is 2. The van der Waals surface area contributed by atoms with E-state index in [2.05, 4.69) is 15.7 Å². The molecule has 0 fully saturated rings. The summed E-state index contributed by atoms with van der Waals surface area (Å²) in [4.78, 5) is 36.6. The smallest absolute Gasteiger partial charge is 0.411 e. The van der Waals surface area contributed by atoms with Crippen molar-refractivity contribution in [1.29, 1.82) is 0 Å². The van der Waals surface area contributed by atoms with E-state index in [4.69, 9.17) is 9.15 Å². The van der Waals surface area contributed by atoms with E-state index in [9.17, 15) is 19.5 Å². The summed E-state index contributed by atoms with van der Waals surface area (Å²) in [6.45, 7) is 0.107. The van der Waals surface area contributed by atoms with E-state index in [1.54, 1.807) is 0 Å². The minimum Gasteiger partial charge on any atom is -0.477 e. The summed E-state index contributed by atoms with van der Waals surface area (Å²) in [5.74, 6) is -2.35. The van der Waals surface area contributed by atoms with Gasteiger partial charge in [0.05, 0.1) is 18.1 Å². The summed E-state index contributed by atoms with van der Waals surface area (Å²) in [5.41, 5.74) is 4.28. The molecule has 2 amide bonds. The van der Waals surface area contributed by atoms with Crippen LogP contribution in [-0.2, 0) is 11.8 Å². The van der Waals surface area contributed by atoms with E-state index in [1.807, 2.05) is 48.5 Å². The molecule has 35 heavy (non-hydrogen) atoms. The van der Waals surface area contributed by atoms with Crippen LogP contribution in [0, 0.1) is 0 Å². The second-order valence-corrected chi connectivity index (χ2v) is 7.90. The van der Waals surface area contributed by atoms with E-state index < -0.39 is 18.0 Å². The normalized spacial score (nSPS) is 12.0. The number of carboxylic acid groups (broad SMARTS) is 1. The highest BCUT2D eigenvalue weighted by Gasteiger charge is 2.29. The van der Waals surface area contributed by atoms with Gasteiger partial charge in [-0.1, -0.05) is 48.5 Å². The van der Waals surface area contributed by atoms with E-state index >= 15 is 0 Å². The van der Waals surface area contributed by atoms with Crippen LogP contribution in [-0.4, -0.2) is 39.5 Å². The molecular formula is C25H20N4O6. The van der Waals surface area contributed by atoms with Crippen LogP contribution in [0.3, 0.4) is 0 Å². The lowest BCUT2D eigenvalue weighted by Crippen LogP contribution is -2.21. The van der Waals surface area contributed by atoms with Crippen molar-refractivity contribution in [2.75, 3.05) is 17.2 Å². The molecule has 4 aromatic rings. The number of aryl methyl sites for hydroxylation is 1. The maximum atomic E-state index is 12.7. The molecule has 0 unspecified atom stereocenters. The predicted molar refractivity (Wildman–Crippen MR) is 126 cm³/mol. The van der Waals surface area contributed by atoms with Crippen molar-refractivity contribution in [2.24, 2.45) is 7.05 Å². The molecule has 0 saturated carbocycles. The molecule has 10 heteroatoms. The molecule has 5 rings (SSSR count). The number of hydrogen-bond donors (Lipinski definition) is 3. The Labute approximate surface area is 199 Å². The number of ether oxygens (including phenoxy) is 1. The quantitative estimate of drug-likeness (QED) is 0.380. The van der Waals surface area contributed by atoms with Gasteiger partial charge in [0.1, 0.15) is 18.0 Å². The Balaban J connectivity index is 1.27. The fourth-order valence-corrected chi connectivity index (χ4v) is 4.23. The van der Waals surface area contributed by atoms with Crippen LogP contribution >= 0.6 is 0 Å². The van der Waals surface area contributed by atoms with Gasteiger partial charge in [0.2, 0.25) is 5.76 Å². The minimum atomic E-state index is -1.25. The second kappa shape index (κ2) is 8.82. The number of rotatable bonds is 6. The van der Waals surface area contributed by atoms with Gasteiger partial charge in [-0.25, -0.2) is 9.59 Å². The summed E-state index contributed by atoms with van der Waals surface area (Å²) in [5, 5.41) is 18.1. The average molecular weight is 472 g/mol. The van der Waals surface area contributed by atoms with Gasteiger partial charge in [-0.15, -0.1) is 0 Å². The Morgan fingerprint density at radius 1 is 1.03 bits per heavy atom. The molecule has 2 aromatic carbocycles. The Kier molecular flexibility index (Phi) is 5.54. The lowest BCUT2D eigenvalue weighted by molar-refractivity contribution is 0.0698. The third kappa shape index (κ3) is 4.01. The van der Waals surface area contributed by atoms with E-state index in [-0.39, 0.29) is 35.4 Å². The molecule has 3 N–H and O–H groups in total. The van der Waals surface area contributed by atoms with Gasteiger partial charge in [-0.2, -0.15) is 5.10 Å². The Morgan fingerprint density at radius 2 is 1.69 bits per heavy atom. The van der Waals surface area contributed by atoms with Gasteiger partial charge in [-0.05, 0) is 22.3 Å². The number of carbonyl (C=O) groups is 3. The number of benzene rings is 2. The molecule has 176 valence electrons. The van der Waals surface area contributed by atoms with Gasteiger partial charge in [0.15, 0.2) is 0 Å². The molecule has 0 saturated heterocycles. The number of nitrogens with zero attached hydrogens (tertiary/aromatic N) is 2. The number of fused-ring (bicyclic) bond motifs is 3. The van der Waals surface area contributed by atoms with Crippen molar-refractivity contribution in [3.63, 3.8) is 0 Å². The largest absolute Gasteiger partial charge is 0.477 e. The summed E-state index contributed by atoms with van der Waals surface area (Å²) in [7, 11) is 1.49. The highest BCUT2D eigenvalue weighted by molar-refractivity contribution is 6.09. The monoisotopic (exact) mass is 472 g/mol. The van der Waals surface area contributed by atoms with Crippen molar-refractivity contribution in [3.05, 3.63) is 89.5 Å². The van der Waals surface area contributed by atoms with Crippen molar-refractivity contribution >= 4 is 29.5 Å². The summed E-state index contributed by atoms with van der Waals surface area (Å²) in [6.07, 6.45) is 1.60. The van der Waals surface area contributed by atoms with Crippen LogP contribution < -0.4 is 10.6 Å². The number of aromatic carboxylic acids is 1. The van der Waals surface area contributed by atoms with E-state index in [1.165, 1.54) is 24.1 Å². The zero-order valence-electron chi connectivity index (χ0n) is 18.5. The second-order valence-electron chi connectivity index (χ2n) is 7.90. The molecule has 1 aliphatic carbocycles. The summed E-state index contributed by atoms with van der Waals surface area (Å²) < 4.78 is 11.9.